The van der Waals surface area contributed by atoms with Gasteiger partial charge in [0.25, 0.3) is 0 Å². The fourth-order valence-corrected chi connectivity index (χ4v) is 3.49. The number of hydrogen-bond acceptors (Lipinski definition) is 8. The number of benzene rings is 1. The van der Waals surface area contributed by atoms with Crippen molar-refractivity contribution in [3.05, 3.63) is 28.3 Å². The van der Waals surface area contributed by atoms with Crippen molar-refractivity contribution in [2.24, 2.45) is 21.5 Å². The van der Waals surface area contributed by atoms with E-state index in [1.807, 2.05) is 0 Å². The highest BCUT2D eigenvalue weighted by Crippen LogP contribution is 2.42. The summed E-state index contributed by atoms with van der Waals surface area (Å²) in [6.07, 6.45) is -1.24. The maximum absolute atomic E-state index is 12.5. The van der Waals surface area contributed by atoms with Gasteiger partial charge in [0, 0.05) is 6.07 Å². The summed E-state index contributed by atoms with van der Waals surface area (Å²) in [5, 5.41) is 11.3. The van der Waals surface area contributed by atoms with Crippen LogP contribution >= 0.6 is 0 Å². The summed E-state index contributed by atoms with van der Waals surface area (Å²) in [5.74, 6) is -0.940. The highest BCUT2D eigenvalue weighted by atomic mass is 19.4. The summed E-state index contributed by atoms with van der Waals surface area (Å²) in [6.45, 7) is 0. The molecule has 0 bridgehead atoms. The predicted octanol–water partition coefficient (Wildman–Crippen LogP) is 2.60. The maximum Gasteiger partial charge on any atom is 0.573 e. The highest BCUT2D eigenvalue weighted by Gasteiger charge is 2.43. The zero-order valence-electron chi connectivity index (χ0n) is 14.1. The van der Waals surface area contributed by atoms with E-state index in [1.165, 1.54) is 11.0 Å². The van der Waals surface area contributed by atoms with Gasteiger partial charge in [-0.1, -0.05) is 6.42 Å². The van der Waals surface area contributed by atoms with E-state index in [-0.39, 0.29) is 17.6 Å². The average Bonchev–Trinajstić information content (AvgIpc) is 2.54. The quantitative estimate of drug-likeness (QED) is 0.606. The van der Waals surface area contributed by atoms with E-state index in [0.29, 0.717) is 12.8 Å². The van der Waals surface area contributed by atoms with Crippen LogP contribution in [0, 0.1) is 10.1 Å². The summed E-state index contributed by atoms with van der Waals surface area (Å²) in [7, 11) is 0. The molecule has 1 spiro atoms. The smallest absolute Gasteiger partial charge is 0.398 e. The van der Waals surface area contributed by atoms with Crippen LogP contribution in [0.5, 0.6) is 5.75 Å². The van der Waals surface area contributed by atoms with Crippen LogP contribution in [0.4, 0.5) is 24.5 Å². The lowest BCUT2D eigenvalue weighted by Gasteiger charge is -2.45. The molecule has 0 saturated heterocycles. The van der Waals surface area contributed by atoms with Crippen molar-refractivity contribution < 1.29 is 22.8 Å². The monoisotopic (exact) mass is 386 g/mol. The number of halogens is 3. The Morgan fingerprint density at radius 3 is 2.48 bits per heavy atom. The number of hydrogen-bond donors (Lipinski definition) is 2. The molecule has 1 aromatic carbocycles. The zero-order valence-corrected chi connectivity index (χ0v) is 14.1. The van der Waals surface area contributed by atoms with E-state index >= 15 is 0 Å². The Balaban J connectivity index is 2.07. The average molecular weight is 386 g/mol. The molecule has 3 rings (SSSR count). The van der Waals surface area contributed by atoms with Crippen molar-refractivity contribution >= 4 is 23.3 Å². The number of rotatable bonds is 3. The lowest BCUT2D eigenvalue weighted by Crippen LogP contribution is -2.58. The van der Waals surface area contributed by atoms with Crippen molar-refractivity contribution in [1.82, 2.24) is 0 Å². The van der Waals surface area contributed by atoms with Crippen LogP contribution < -0.4 is 21.1 Å². The van der Waals surface area contributed by atoms with E-state index < -0.39 is 28.4 Å². The Kier molecular flexibility index (Phi) is 4.57. The molecule has 12 heteroatoms. The Hall–Kier alpha value is -3.05. The minimum Gasteiger partial charge on any atom is -0.398 e. The standard InChI is InChI=1S/C15H17F3N6O3/c16-15(17,18)27-11-5-4-9(8-10(11)24(25)26)23-13(20)21-12(19)22-14(23)6-2-1-3-7-14/h4-5,8H,1-3,6-7H2,(H4,19,20,21,22). The van der Waals surface area contributed by atoms with Crippen LogP contribution in [0.15, 0.2) is 28.2 Å². The van der Waals surface area contributed by atoms with Gasteiger partial charge in [0.2, 0.25) is 17.7 Å². The molecule has 1 aliphatic carbocycles. The zero-order chi connectivity index (χ0) is 19.8. The summed E-state index contributed by atoms with van der Waals surface area (Å²) >= 11 is 0. The first-order chi connectivity index (χ1) is 12.6. The first-order valence-corrected chi connectivity index (χ1v) is 8.15. The molecular formula is C15H17F3N6O3. The molecule has 9 nitrogen and oxygen atoms in total. The molecule has 0 unspecified atom stereocenters. The molecule has 0 amide bonds. The first kappa shape index (κ1) is 18.7. The normalized spacial score (nSPS) is 19.4. The van der Waals surface area contributed by atoms with Crippen LogP contribution in [0.3, 0.4) is 0 Å². The van der Waals surface area contributed by atoms with Crippen LogP contribution in [-0.2, 0) is 0 Å². The lowest BCUT2D eigenvalue weighted by molar-refractivity contribution is -0.388. The molecule has 1 fully saturated rings. The van der Waals surface area contributed by atoms with Crippen molar-refractivity contribution in [2.45, 2.75) is 44.1 Å². The predicted molar refractivity (Wildman–Crippen MR) is 91.3 cm³/mol. The minimum absolute atomic E-state index is 0.00262. The molecule has 0 radical (unpaired) electrons. The summed E-state index contributed by atoms with van der Waals surface area (Å²) in [4.78, 5) is 20.1. The topological polar surface area (TPSA) is 132 Å². The molecule has 0 aromatic heterocycles. The number of nitro benzene ring substituents is 1. The fraction of sp³-hybridized carbons (Fsp3) is 0.467. The van der Waals surface area contributed by atoms with Crippen LogP contribution in [0.25, 0.3) is 0 Å². The molecule has 0 atom stereocenters. The van der Waals surface area contributed by atoms with Gasteiger partial charge in [-0.2, -0.15) is 4.99 Å². The van der Waals surface area contributed by atoms with Gasteiger partial charge in [0.05, 0.1) is 10.6 Å². The number of nitrogens with zero attached hydrogens (tertiary/aromatic N) is 4. The molecular weight excluding hydrogens is 369 g/mol. The molecule has 1 heterocycles. The van der Waals surface area contributed by atoms with Crippen molar-refractivity contribution in [1.29, 1.82) is 0 Å². The lowest BCUT2D eigenvalue weighted by atomic mass is 9.87. The van der Waals surface area contributed by atoms with Crippen molar-refractivity contribution in [2.75, 3.05) is 4.90 Å². The highest BCUT2D eigenvalue weighted by molar-refractivity contribution is 6.05. The van der Waals surface area contributed by atoms with E-state index in [1.54, 1.807) is 0 Å². The third-order valence-corrected chi connectivity index (χ3v) is 4.47. The number of guanidine groups is 2. The van der Waals surface area contributed by atoms with Gasteiger partial charge in [0.1, 0.15) is 5.66 Å². The largest absolute Gasteiger partial charge is 0.573 e. The van der Waals surface area contributed by atoms with E-state index in [2.05, 4.69) is 14.7 Å². The van der Waals surface area contributed by atoms with E-state index in [4.69, 9.17) is 11.5 Å². The number of ether oxygens (including phenoxy) is 1. The van der Waals surface area contributed by atoms with Gasteiger partial charge in [-0.25, -0.2) is 4.99 Å². The number of anilines is 1. The third kappa shape index (κ3) is 3.73. The van der Waals surface area contributed by atoms with Gasteiger partial charge in [-0.3, -0.25) is 15.0 Å². The van der Waals surface area contributed by atoms with E-state index in [9.17, 15) is 23.3 Å². The van der Waals surface area contributed by atoms with Gasteiger partial charge >= 0.3 is 12.0 Å². The molecule has 27 heavy (non-hydrogen) atoms. The van der Waals surface area contributed by atoms with E-state index in [0.717, 1.165) is 31.4 Å². The molecule has 4 N–H and O–H groups in total. The molecule has 146 valence electrons. The molecule has 1 aromatic rings. The second-order valence-electron chi connectivity index (χ2n) is 6.28. The first-order valence-electron chi connectivity index (χ1n) is 8.15. The van der Waals surface area contributed by atoms with Gasteiger partial charge < -0.3 is 16.2 Å². The second kappa shape index (κ2) is 6.59. The summed E-state index contributed by atoms with van der Waals surface area (Å²) < 4.78 is 41.3. The van der Waals surface area contributed by atoms with Gasteiger partial charge in [0.15, 0.2) is 0 Å². The Bertz CT molecular complexity index is 818. The fourth-order valence-electron chi connectivity index (χ4n) is 3.49. The summed E-state index contributed by atoms with van der Waals surface area (Å²) in [6, 6.07) is 3.10. The Morgan fingerprint density at radius 2 is 1.89 bits per heavy atom. The Morgan fingerprint density at radius 1 is 1.22 bits per heavy atom. The number of nitro groups is 1. The minimum atomic E-state index is -5.05. The number of alkyl halides is 3. The molecule has 1 saturated carbocycles. The van der Waals surface area contributed by atoms with Crippen LogP contribution in [0.2, 0.25) is 0 Å². The maximum atomic E-state index is 12.5. The Labute approximate surface area is 151 Å². The van der Waals surface area contributed by atoms with Crippen molar-refractivity contribution in [3.63, 3.8) is 0 Å². The number of aliphatic imine (C=N–C) groups is 2. The number of nitrogens with two attached hydrogens (primary N) is 2. The van der Waals surface area contributed by atoms with Crippen LogP contribution in [-0.4, -0.2) is 28.9 Å². The van der Waals surface area contributed by atoms with Gasteiger partial charge in [-0.15, -0.1) is 13.2 Å². The van der Waals surface area contributed by atoms with Crippen LogP contribution in [0.1, 0.15) is 32.1 Å². The third-order valence-electron chi connectivity index (χ3n) is 4.47. The van der Waals surface area contributed by atoms with Crippen molar-refractivity contribution in [3.8, 4) is 5.75 Å². The SMILES string of the molecule is NC1=NC2(CCCCC2)N(c2ccc(OC(F)(F)F)c([N+](=O)[O-])c2)C(N)=N1. The second-order valence-corrected chi connectivity index (χ2v) is 6.28. The molecule has 1 aliphatic heterocycles. The van der Waals surface area contributed by atoms with Gasteiger partial charge in [-0.05, 0) is 37.8 Å². The summed E-state index contributed by atoms with van der Waals surface area (Å²) in [5.41, 5.74) is 10.2. The molecule has 2 aliphatic rings.